The summed E-state index contributed by atoms with van der Waals surface area (Å²) in [5.41, 5.74) is 1.67. The number of hydrogen-bond acceptors (Lipinski definition) is 3. The predicted octanol–water partition coefficient (Wildman–Crippen LogP) is 3.22. The van der Waals surface area contributed by atoms with Crippen molar-refractivity contribution in [1.82, 2.24) is 14.7 Å². The number of ether oxygens (including phenoxy) is 1. The first kappa shape index (κ1) is 17.7. The van der Waals surface area contributed by atoms with Crippen LogP contribution in [0.15, 0.2) is 67.0 Å². The van der Waals surface area contributed by atoms with E-state index in [4.69, 9.17) is 4.74 Å². The van der Waals surface area contributed by atoms with Crippen molar-refractivity contribution >= 4 is 5.91 Å². The van der Waals surface area contributed by atoms with Gasteiger partial charge in [0.1, 0.15) is 6.61 Å². The number of carbonyl (C=O) groups is 1. The number of hydrogen-bond donors (Lipinski definition) is 0. The zero-order valence-corrected chi connectivity index (χ0v) is 14.5. The van der Waals surface area contributed by atoms with Gasteiger partial charge in [0, 0.05) is 25.0 Å². The summed E-state index contributed by atoms with van der Waals surface area (Å²) in [4.78, 5) is 14.0. The Morgan fingerprint density at radius 3 is 2.62 bits per heavy atom. The summed E-state index contributed by atoms with van der Waals surface area (Å²) in [6.45, 7) is 1.25. The highest BCUT2D eigenvalue weighted by molar-refractivity contribution is 5.94. The molecule has 0 aliphatic carbocycles. The fourth-order valence-electron chi connectivity index (χ4n) is 2.51. The third kappa shape index (κ3) is 4.47. The predicted molar refractivity (Wildman–Crippen MR) is 96.6 cm³/mol. The maximum Gasteiger partial charge on any atom is 0.253 e. The van der Waals surface area contributed by atoms with Crippen LogP contribution >= 0.6 is 0 Å². The number of likely N-dealkylation sites (N-methyl/N-ethyl adjacent to an activating group) is 1. The molecular formula is C20H20FN3O2. The van der Waals surface area contributed by atoms with Crippen LogP contribution in [-0.4, -0.2) is 40.8 Å². The summed E-state index contributed by atoms with van der Waals surface area (Å²) in [5.74, 6) is -0.321. The molecule has 0 fully saturated rings. The highest BCUT2D eigenvalue weighted by Crippen LogP contribution is 2.15. The van der Waals surface area contributed by atoms with Gasteiger partial charge in [0.2, 0.25) is 0 Å². The topological polar surface area (TPSA) is 47.4 Å². The molecule has 0 N–H and O–H groups in total. The third-order valence-electron chi connectivity index (χ3n) is 3.97. The minimum absolute atomic E-state index is 0.104. The lowest BCUT2D eigenvalue weighted by Gasteiger charge is -2.18. The third-order valence-corrected chi connectivity index (χ3v) is 3.97. The molecule has 0 spiro atoms. The molecule has 1 heterocycles. The first-order valence-corrected chi connectivity index (χ1v) is 8.32. The summed E-state index contributed by atoms with van der Waals surface area (Å²) >= 11 is 0. The van der Waals surface area contributed by atoms with Crippen molar-refractivity contribution in [2.45, 2.75) is 6.54 Å². The molecule has 0 saturated carbocycles. The molecule has 2 aromatic carbocycles. The Hall–Kier alpha value is -3.15. The zero-order chi connectivity index (χ0) is 18.4. The van der Waals surface area contributed by atoms with E-state index in [1.807, 2.05) is 29.1 Å². The molecule has 5 nitrogen and oxygen atoms in total. The quantitative estimate of drug-likeness (QED) is 0.655. The molecule has 1 aromatic heterocycles. The molecule has 0 unspecified atom stereocenters. The van der Waals surface area contributed by atoms with E-state index < -0.39 is 5.82 Å². The standard InChI is InChI=1S/C20H20FN3O2/c1-23(13-14-26-19-6-3-2-5-18(19)21)20(25)17-9-7-16(8-10-17)15-24-12-4-11-22-24/h2-12H,13-15H2,1H3. The summed E-state index contributed by atoms with van der Waals surface area (Å²) in [6.07, 6.45) is 3.62. The van der Waals surface area contributed by atoms with Crippen LogP contribution in [0.2, 0.25) is 0 Å². The maximum atomic E-state index is 13.5. The lowest BCUT2D eigenvalue weighted by atomic mass is 10.1. The van der Waals surface area contributed by atoms with Crippen LogP contribution in [0.3, 0.4) is 0 Å². The fourth-order valence-corrected chi connectivity index (χ4v) is 2.51. The monoisotopic (exact) mass is 353 g/mol. The second kappa shape index (κ2) is 8.29. The number of halogens is 1. The largest absolute Gasteiger partial charge is 0.489 e. The molecule has 26 heavy (non-hydrogen) atoms. The van der Waals surface area contributed by atoms with Gasteiger partial charge in [0.15, 0.2) is 11.6 Å². The summed E-state index contributed by atoms with van der Waals surface area (Å²) in [6, 6.07) is 15.5. The van der Waals surface area contributed by atoms with Crippen LogP contribution in [0, 0.1) is 5.82 Å². The van der Waals surface area contributed by atoms with Crippen LogP contribution in [0.25, 0.3) is 0 Å². The summed E-state index contributed by atoms with van der Waals surface area (Å²) in [5, 5.41) is 4.16. The van der Waals surface area contributed by atoms with Crippen LogP contribution < -0.4 is 4.74 Å². The van der Waals surface area contributed by atoms with Crippen molar-refractivity contribution in [3.8, 4) is 5.75 Å². The highest BCUT2D eigenvalue weighted by atomic mass is 19.1. The first-order valence-electron chi connectivity index (χ1n) is 8.32. The molecule has 134 valence electrons. The van der Waals surface area contributed by atoms with Gasteiger partial charge in [0.05, 0.1) is 13.1 Å². The minimum atomic E-state index is -0.408. The lowest BCUT2D eigenvalue weighted by molar-refractivity contribution is 0.0773. The number of rotatable bonds is 7. The number of amides is 1. The van der Waals surface area contributed by atoms with Gasteiger partial charge < -0.3 is 9.64 Å². The maximum absolute atomic E-state index is 13.5. The van der Waals surface area contributed by atoms with E-state index in [1.54, 1.807) is 48.5 Å². The van der Waals surface area contributed by atoms with Crippen molar-refractivity contribution < 1.29 is 13.9 Å². The van der Waals surface area contributed by atoms with E-state index >= 15 is 0 Å². The highest BCUT2D eigenvalue weighted by Gasteiger charge is 2.12. The Bertz CT molecular complexity index is 848. The van der Waals surface area contributed by atoms with E-state index in [0.29, 0.717) is 18.7 Å². The number of para-hydroxylation sites is 1. The normalized spacial score (nSPS) is 10.5. The van der Waals surface area contributed by atoms with E-state index in [0.717, 1.165) is 5.56 Å². The van der Waals surface area contributed by atoms with Crippen molar-refractivity contribution in [3.63, 3.8) is 0 Å². The van der Waals surface area contributed by atoms with Crippen molar-refractivity contribution in [3.05, 3.63) is 83.9 Å². The van der Waals surface area contributed by atoms with Crippen molar-refractivity contribution in [2.24, 2.45) is 0 Å². The number of carbonyl (C=O) groups excluding carboxylic acids is 1. The van der Waals surface area contributed by atoms with Gasteiger partial charge in [0.25, 0.3) is 5.91 Å². The van der Waals surface area contributed by atoms with Crippen LogP contribution in [0.5, 0.6) is 5.75 Å². The SMILES string of the molecule is CN(CCOc1ccccc1F)C(=O)c1ccc(Cn2cccn2)cc1. The fraction of sp³-hybridized carbons (Fsp3) is 0.200. The second-order valence-corrected chi connectivity index (χ2v) is 5.91. The molecule has 0 aliphatic heterocycles. The molecular weight excluding hydrogens is 333 g/mol. The summed E-state index contributed by atoms with van der Waals surface area (Å²) < 4.78 is 20.7. The Labute approximate surface area is 151 Å². The molecule has 0 saturated heterocycles. The lowest BCUT2D eigenvalue weighted by Crippen LogP contribution is -2.30. The smallest absolute Gasteiger partial charge is 0.253 e. The van der Waals surface area contributed by atoms with Gasteiger partial charge in [-0.2, -0.15) is 5.10 Å². The van der Waals surface area contributed by atoms with Crippen LogP contribution in [0.1, 0.15) is 15.9 Å². The number of nitrogens with zero attached hydrogens (tertiary/aromatic N) is 3. The van der Waals surface area contributed by atoms with Gasteiger partial charge in [-0.1, -0.05) is 24.3 Å². The molecule has 0 atom stereocenters. The van der Waals surface area contributed by atoms with Crippen LogP contribution in [-0.2, 0) is 6.54 Å². The average molecular weight is 353 g/mol. The van der Waals surface area contributed by atoms with Gasteiger partial charge in [-0.3, -0.25) is 9.48 Å². The molecule has 0 aliphatic rings. The van der Waals surface area contributed by atoms with Gasteiger partial charge in [-0.15, -0.1) is 0 Å². The Morgan fingerprint density at radius 1 is 1.15 bits per heavy atom. The van der Waals surface area contributed by atoms with E-state index in [-0.39, 0.29) is 18.3 Å². The number of aromatic nitrogens is 2. The molecule has 1 amide bonds. The minimum Gasteiger partial charge on any atom is -0.489 e. The average Bonchev–Trinajstić information content (AvgIpc) is 3.16. The van der Waals surface area contributed by atoms with Crippen molar-refractivity contribution in [2.75, 3.05) is 20.2 Å². The Kier molecular flexibility index (Phi) is 5.63. The summed E-state index contributed by atoms with van der Waals surface area (Å²) in [7, 11) is 1.70. The van der Waals surface area contributed by atoms with E-state index in [1.165, 1.54) is 6.07 Å². The van der Waals surface area contributed by atoms with Crippen LogP contribution in [0.4, 0.5) is 4.39 Å². The molecule has 3 aromatic rings. The molecule has 0 radical (unpaired) electrons. The zero-order valence-electron chi connectivity index (χ0n) is 14.5. The van der Waals surface area contributed by atoms with Gasteiger partial charge >= 0.3 is 0 Å². The van der Waals surface area contributed by atoms with Gasteiger partial charge in [-0.25, -0.2) is 4.39 Å². The number of benzene rings is 2. The van der Waals surface area contributed by atoms with E-state index in [2.05, 4.69) is 5.10 Å². The van der Waals surface area contributed by atoms with Crippen molar-refractivity contribution in [1.29, 1.82) is 0 Å². The first-order chi connectivity index (χ1) is 12.6. The Morgan fingerprint density at radius 2 is 1.92 bits per heavy atom. The molecule has 3 rings (SSSR count). The van der Waals surface area contributed by atoms with Gasteiger partial charge in [-0.05, 0) is 35.9 Å². The van der Waals surface area contributed by atoms with E-state index in [9.17, 15) is 9.18 Å². The second-order valence-electron chi connectivity index (χ2n) is 5.91. The molecule has 0 bridgehead atoms. The molecule has 6 heteroatoms. The Balaban J connectivity index is 1.52.